The second-order valence-electron chi connectivity index (χ2n) is 4.17. The van der Waals surface area contributed by atoms with E-state index in [1.807, 2.05) is 0 Å². The van der Waals surface area contributed by atoms with E-state index in [-0.39, 0.29) is 5.97 Å². The first-order chi connectivity index (χ1) is 9.10. The molecule has 0 bridgehead atoms. The highest BCUT2D eigenvalue weighted by Crippen LogP contribution is 2.13. The molecule has 0 aliphatic rings. The van der Waals surface area contributed by atoms with Crippen molar-refractivity contribution in [2.45, 2.75) is 39.7 Å². The van der Waals surface area contributed by atoms with Gasteiger partial charge in [-0.1, -0.05) is 6.92 Å². The largest absolute Gasteiger partial charge is 0.464 e. The van der Waals surface area contributed by atoms with Crippen LogP contribution in [0.2, 0.25) is 0 Å². The van der Waals surface area contributed by atoms with Crippen LogP contribution in [0.25, 0.3) is 0 Å². The van der Waals surface area contributed by atoms with Gasteiger partial charge in [-0.15, -0.1) is 0 Å². The Balaban J connectivity index is 2.81. The van der Waals surface area contributed by atoms with Crippen molar-refractivity contribution >= 4 is 17.6 Å². The second-order valence-corrected chi connectivity index (χ2v) is 4.17. The summed E-state index contributed by atoms with van der Waals surface area (Å²) in [5, 5.41) is 6.02. The van der Waals surface area contributed by atoms with Crippen LogP contribution < -0.4 is 10.6 Å². The van der Waals surface area contributed by atoms with Gasteiger partial charge in [-0.05, 0) is 20.3 Å². The Morgan fingerprint density at radius 3 is 2.63 bits per heavy atom. The summed E-state index contributed by atoms with van der Waals surface area (Å²) in [4.78, 5) is 20.3. The Kier molecular flexibility index (Phi) is 6.05. The predicted octanol–water partition coefficient (Wildman–Crippen LogP) is 1.83. The van der Waals surface area contributed by atoms with E-state index in [2.05, 4.69) is 27.5 Å². The molecule has 0 aromatic carbocycles. The van der Waals surface area contributed by atoms with Gasteiger partial charge in [-0.3, -0.25) is 0 Å². The highest BCUT2D eigenvalue weighted by Gasteiger charge is 2.15. The Morgan fingerprint density at radius 1 is 1.37 bits per heavy atom. The van der Waals surface area contributed by atoms with E-state index >= 15 is 0 Å². The molecule has 2 N–H and O–H groups in total. The fourth-order valence-electron chi connectivity index (χ4n) is 1.58. The molecule has 1 aromatic rings. The first-order valence-corrected chi connectivity index (χ1v) is 6.59. The fourth-order valence-corrected chi connectivity index (χ4v) is 1.58. The third kappa shape index (κ3) is 4.73. The molecule has 1 aromatic heterocycles. The van der Waals surface area contributed by atoms with Crippen LogP contribution >= 0.6 is 0 Å². The summed E-state index contributed by atoms with van der Waals surface area (Å²) in [6.45, 7) is 5.98. The molecule has 1 atom stereocenters. The van der Waals surface area contributed by atoms with Gasteiger partial charge in [-0.2, -0.15) is 0 Å². The maximum atomic E-state index is 11.6. The van der Waals surface area contributed by atoms with E-state index in [1.54, 1.807) is 27.0 Å². The Morgan fingerprint density at radius 2 is 2.05 bits per heavy atom. The molecule has 106 valence electrons. The lowest BCUT2D eigenvalue weighted by Crippen LogP contribution is -2.28. The number of nitrogens with zero attached hydrogens (tertiary/aromatic N) is 2. The number of nitrogens with one attached hydrogen (secondary N) is 2. The molecule has 19 heavy (non-hydrogen) atoms. The number of aromatic nitrogens is 2. The number of ether oxygens (including phenoxy) is 1. The van der Waals surface area contributed by atoms with E-state index in [0.717, 1.165) is 24.5 Å². The SMILES string of the molecule is CCCc1nc(NC)cc(NC(C)C(=O)OCC)n1. The van der Waals surface area contributed by atoms with Crippen LogP contribution in [0.15, 0.2) is 6.07 Å². The zero-order chi connectivity index (χ0) is 14.3. The van der Waals surface area contributed by atoms with Gasteiger partial charge in [0.25, 0.3) is 0 Å². The van der Waals surface area contributed by atoms with E-state index in [9.17, 15) is 4.79 Å². The first-order valence-electron chi connectivity index (χ1n) is 6.59. The summed E-state index contributed by atoms with van der Waals surface area (Å²) >= 11 is 0. The van der Waals surface area contributed by atoms with Gasteiger partial charge in [-0.25, -0.2) is 14.8 Å². The van der Waals surface area contributed by atoms with E-state index in [1.165, 1.54) is 0 Å². The summed E-state index contributed by atoms with van der Waals surface area (Å²) in [5.41, 5.74) is 0. The van der Waals surface area contributed by atoms with Crippen molar-refractivity contribution in [3.05, 3.63) is 11.9 Å². The quantitative estimate of drug-likeness (QED) is 0.733. The summed E-state index contributed by atoms with van der Waals surface area (Å²) in [6.07, 6.45) is 1.78. The van der Waals surface area contributed by atoms with Crippen LogP contribution in [-0.4, -0.2) is 35.6 Å². The highest BCUT2D eigenvalue weighted by atomic mass is 16.5. The summed E-state index contributed by atoms with van der Waals surface area (Å²) in [5.74, 6) is 1.83. The topological polar surface area (TPSA) is 76.1 Å². The molecule has 0 spiro atoms. The standard InChI is InChI=1S/C13H22N4O2/c1-5-7-10-16-11(14-4)8-12(17-10)15-9(3)13(18)19-6-2/h8-9H,5-7H2,1-4H3,(H2,14,15,16,17). The van der Waals surface area contributed by atoms with Crippen LogP contribution in [0.5, 0.6) is 0 Å². The molecule has 6 heteroatoms. The summed E-state index contributed by atoms with van der Waals surface area (Å²) in [6, 6.07) is 1.34. The highest BCUT2D eigenvalue weighted by molar-refractivity contribution is 5.78. The zero-order valence-corrected chi connectivity index (χ0v) is 12.0. The van der Waals surface area contributed by atoms with Crippen molar-refractivity contribution in [2.75, 3.05) is 24.3 Å². The van der Waals surface area contributed by atoms with Gasteiger partial charge in [0.15, 0.2) is 0 Å². The monoisotopic (exact) mass is 266 g/mol. The van der Waals surface area contributed by atoms with Gasteiger partial charge in [0.05, 0.1) is 6.61 Å². The molecule has 6 nitrogen and oxygen atoms in total. The van der Waals surface area contributed by atoms with Crippen LogP contribution in [0.1, 0.15) is 33.0 Å². The minimum atomic E-state index is -0.436. The van der Waals surface area contributed by atoms with Gasteiger partial charge < -0.3 is 15.4 Å². The zero-order valence-electron chi connectivity index (χ0n) is 12.0. The summed E-state index contributed by atoms with van der Waals surface area (Å²) < 4.78 is 4.95. The Hall–Kier alpha value is -1.85. The van der Waals surface area contributed by atoms with Crippen molar-refractivity contribution in [2.24, 2.45) is 0 Å². The fraction of sp³-hybridized carbons (Fsp3) is 0.615. The van der Waals surface area contributed by atoms with Crippen LogP contribution in [0.3, 0.4) is 0 Å². The second kappa shape index (κ2) is 7.56. The molecule has 0 amide bonds. The predicted molar refractivity (Wildman–Crippen MR) is 75.3 cm³/mol. The molecule has 0 saturated heterocycles. The van der Waals surface area contributed by atoms with Crippen molar-refractivity contribution in [1.82, 2.24) is 9.97 Å². The van der Waals surface area contributed by atoms with Crippen molar-refractivity contribution in [1.29, 1.82) is 0 Å². The minimum absolute atomic E-state index is 0.288. The van der Waals surface area contributed by atoms with E-state index in [4.69, 9.17) is 4.74 Å². The van der Waals surface area contributed by atoms with Gasteiger partial charge in [0.2, 0.25) is 0 Å². The smallest absolute Gasteiger partial charge is 0.328 e. The Bertz CT molecular complexity index is 423. The average Bonchev–Trinajstić information content (AvgIpc) is 2.39. The molecule has 1 heterocycles. The van der Waals surface area contributed by atoms with Gasteiger partial charge >= 0.3 is 5.97 Å². The normalized spacial score (nSPS) is 11.8. The number of rotatable bonds is 7. The first kappa shape index (κ1) is 15.2. The number of anilines is 2. The maximum absolute atomic E-state index is 11.6. The third-order valence-electron chi connectivity index (χ3n) is 2.51. The van der Waals surface area contributed by atoms with Crippen molar-refractivity contribution < 1.29 is 9.53 Å². The molecule has 1 rings (SSSR count). The lowest BCUT2D eigenvalue weighted by atomic mass is 10.3. The van der Waals surface area contributed by atoms with Crippen LogP contribution in [0, 0.1) is 0 Å². The molecule has 0 radical (unpaired) electrons. The number of aryl methyl sites for hydroxylation is 1. The maximum Gasteiger partial charge on any atom is 0.328 e. The van der Waals surface area contributed by atoms with Crippen LogP contribution in [0.4, 0.5) is 11.6 Å². The molecule has 0 aliphatic heterocycles. The third-order valence-corrected chi connectivity index (χ3v) is 2.51. The van der Waals surface area contributed by atoms with Gasteiger partial charge in [0.1, 0.15) is 23.5 Å². The Labute approximate surface area is 114 Å². The number of carbonyl (C=O) groups is 1. The molecule has 1 unspecified atom stereocenters. The lowest BCUT2D eigenvalue weighted by molar-refractivity contribution is -0.143. The molecule has 0 aliphatic carbocycles. The van der Waals surface area contributed by atoms with Gasteiger partial charge in [0, 0.05) is 19.5 Å². The average molecular weight is 266 g/mol. The number of esters is 1. The number of hydrogen-bond donors (Lipinski definition) is 2. The summed E-state index contributed by atoms with van der Waals surface area (Å²) in [7, 11) is 1.80. The van der Waals surface area contributed by atoms with Crippen molar-refractivity contribution in [3.63, 3.8) is 0 Å². The number of carbonyl (C=O) groups excluding carboxylic acids is 1. The molecular weight excluding hydrogens is 244 g/mol. The van der Waals surface area contributed by atoms with E-state index in [0.29, 0.717) is 12.4 Å². The van der Waals surface area contributed by atoms with Crippen LogP contribution in [-0.2, 0) is 16.0 Å². The molecule has 0 fully saturated rings. The minimum Gasteiger partial charge on any atom is -0.464 e. The molecular formula is C13H22N4O2. The lowest BCUT2D eigenvalue weighted by Gasteiger charge is -2.14. The number of hydrogen-bond acceptors (Lipinski definition) is 6. The van der Waals surface area contributed by atoms with Crippen molar-refractivity contribution in [3.8, 4) is 0 Å². The van der Waals surface area contributed by atoms with E-state index < -0.39 is 6.04 Å². The molecule has 0 saturated carbocycles.